The fraction of sp³-hybridized carbons (Fsp3) is 0. The quantitative estimate of drug-likeness (QED) is 0.693. The van der Waals surface area contributed by atoms with E-state index in [2.05, 4.69) is 15.2 Å². The van der Waals surface area contributed by atoms with Crippen molar-refractivity contribution in [1.29, 1.82) is 0 Å². The van der Waals surface area contributed by atoms with Crippen molar-refractivity contribution in [3.8, 4) is 11.4 Å². The molecule has 0 unspecified atom stereocenters. The number of aromatic nitrogens is 3. The van der Waals surface area contributed by atoms with E-state index in [-0.39, 0.29) is 11.4 Å². The highest BCUT2D eigenvalue weighted by Crippen LogP contribution is 2.16. The predicted molar refractivity (Wildman–Crippen MR) is 45.2 cm³/mol. The molecule has 0 saturated carbocycles. The second kappa shape index (κ2) is 3.45. The van der Waals surface area contributed by atoms with Crippen LogP contribution in [0.4, 0.5) is 8.78 Å². The minimum atomic E-state index is -0.660. The van der Waals surface area contributed by atoms with Crippen LogP contribution in [0.15, 0.2) is 30.6 Å². The molecule has 1 aromatic heterocycles. The normalized spacial score (nSPS) is 10.1. The predicted octanol–water partition coefficient (Wildman–Crippen LogP) is 1.82. The second-order valence-corrected chi connectivity index (χ2v) is 2.62. The molecule has 0 aliphatic heterocycles. The topological polar surface area (TPSA) is 38.7 Å². The van der Waals surface area contributed by atoms with Gasteiger partial charge in [0.25, 0.3) is 0 Å². The zero-order valence-corrected chi connectivity index (χ0v) is 6.98. The Bertz CT molecular complexity index is 425. The van der Waals surface area contributed by atoms with Crippen LogP contribution in [-0.2, 0) is 0 Å². The Morgan fingerprint density at radius 3 is 2.21 bits per heavy atom. The largest absolute Gasteiger partial charge is 0.233 e. The standard InChI is InChI=1S/C9H5F2N3/c10-7-3-6(4-8(11)5-7)9-12-1-2-13-14-9/h1-5H. The van der Waals surface area contributed by atoms with Crippen molar-refractivity contribution in [2.24, 2.45) is 0 Å². The van der Waals surface area contributed by atoms with Crippen LogP contribution in [0.25, 0.3) is 11.4 Å². The molecule has 0 fully saturated rings. The van der Waals surface area contributed by atoms with Crippen molar-refractivity contribution in [1.82, 2.24) is 15.2 Å². The fourth-order valence-corrected chi connectivity index (χ4v) is 1.06. The van der Waals surface area contributed by atoms with E-state index in [1.807, 2.05) is 0 Å². The zero-order valence-electron chi connectivity index (χ0n) is 6.98. The molecule has 0 aliphatic carbocycles. The van der Waals surface area contributed by atoms with Crippen LogP contribution < -0.4 is 0 Å². The molecule has 0 atom stereocenters. The maximum atomic E-state index is 12.8. The number of nitrogens with zero attached hydrogens (tertiary/aromatic N) is 3. The lowest BCUT2D eigenvalue weighted by Crippen LogP contribution is -1.91. The summed E-state index contributed by atoms with van der Waals surface area (Å²) in [5, 5.41) is 7.20. The molecule has 2 rings (SSSR count). The van der Waals surface area contributed by atoms with Gasteiger partial charge in [-0.1, -0.05) is 0 Å². The van der Waals surface area contributed by atoms with Crippen LogP contribution in [0.1, 0.15) is 0 Å². The molecule has 70 valence electrons. The average Bonchev–Trinajstić information content (AvgIpc) is 2.18. The summed E-state index contributed by atoms with van der Waals surface area (Å²) in [7, 11) is 0. The van der Waals surface area contributed by atoms with Crippen LogP contribution in [0.3, 0.4) is 0 Å². The third-order valence-corrected chi connectivity index (χ3v) is 1.60. The molecular weight excluding hydrogens is 188 g/mol. The van der Waals surface area contributed by atoms with Crippen molar-refractivity contribution in [2.75, 3.05) is 0 Å². The van der Waals surface area contributed by atoms with Crippen LogP contribution in [0.2, 0.25) is 0 Å². The molecule has 1 heterocycles. The van der Waals surface area contributed by atoms with E-state index < -0.39 is 11.6 Å². The van der Waals surface area contributed by atoms with Gasteiger partial charge in [-0.2, -0.15) is 5.10 Å². The summed E-state index contributed by atoms with van der Waals surface area (Å²) < 4.78 is 25.6. The van der Waals surface area contributed by atoms with E-state index >= 15 is 0 Å². The monoisotopic (exact) mass is 193 g/mol. The van der Waals surface area contributed by atoms with E-state index in [4.69, 9.17) is 0 Å². The molecule has 14 heavy (non-hydrogen) atoms. The molecule has 2 aromatic rings. The number of benzene rings is 1. The molecule has 0 amide bonds. The maximum Gasteiger partial charge on any atom is 0.181 e. The van der Waals surface area contributed by atoms with E-state index in [0.717, 1.165) is 18.2 Å². The van der Waals surface area contributed by atoms with Gasteiger partial charge in [-0.25, -0.2) is 13.8 Å². The van der Waals surface area contributed by atoms with Crippen molar-refractivity contribution >= 4 is 0 Å². The highest BCUT2D eigenvalue weighted by atomic mass is 19.1. The molecular formula is C9H5F2N3. The highest BCUT2D eigenvalue weighted by molar-refractivity contribution is 5.53. The summed E-state index contributed by atoms with van der Waals surface area (Å²) in [6.45, 7) is 0. The minimum absolute atomic E-state index is 0.200. The summed E-state index contributed by atoms with van der Waals surface area (Å²) in [6.07, 6.45) is 2.80. The van der Waals surface area contributed by atoms with Gasteiger partial charge in [-0.05, 0) is 12.1 Å². The van der Waals surface area contributed by atoms with E-state index in [0.29, 0.717) is 0 Å². The van der Waals surface area contributed by atoms with Gasteiger partial charge in [0.15, 0.2) is 5.82 Å². The molecule has 0 saturated heterocycles. The number of halogens is 2. The zero-order chi connectivity index (χ0) is 9.97. The summed E-state index contributed by atoms with van der Waals surface area (Å²) in [5.41, 5.74) is 0.274. The summed E-state index contributed by atoms with van der Waals surface area (Å²) in [6, 6.07) is 3.10. The first kappa shape index (κ1) is 8.68. The van der Waals surface area contributed by atoms with E-state index in [1.165, 1.54) is 12.4 Å². The fourth-order valence-electron chi connectivity index (χ4n) is 1.06. The smallest absolute Gasteiger partial charge is 0.181 e. The first-order valence-corrected chi connectivity index (χ1v) is 3.86. The average molecular weight is 193 g/mol. The lowest BCUT2D eigenvalue weighted by Gasteiger charge is -1.98. The lowest BCUT2D eigenvalue weighted by molar-refractivity contribution is 0.584. The van der Waals surface area contributed by atoms with Gasteiger partial charge in [0.05, 0.1) is 6.20 Å². The minimum Gasteiger partial charge on any atom is -0.233 e. The van der Waals surface area contributed by atoms with E-state index in [1.54, 1.807) is 0 Å². The summed E-state index contributed by atoms with van der Waals surface area (Å²) in [5.74, 6) is -1.12. The third-order valence-electron chi connectivity index (χ3n) is 1.60. The second-order valence-electron chi connectivity index (χ2n) is 2.62. The molecule has 1 aromatic carbocycles. The molecule has 5 heteroatoms. The van der Waals surface area contributed by atoms with Gasteiger partial charge in [-0.3, -0.25) is 0 Å². The first-order chi connectivity index (χ1) is 6.75. The van der Waals surface area contributed by atoms with Gasteiger partial charge in [0, 0.05) is 17.8 Å². The number of hydrogen-bond donors (Lipinski definition) is 0. The third kappa shape index (κ3) is 1.71. The van der Waals surface area contributed by atoms with Crippen LogP contribution in [-0.4, -0.2) is 15.2 Å². The molecule has 0 spiro atoms. The van der Waals surface area contributed by atoms with Crippen molar-refractivity contribution < 1.29 is 8.78 Å². The van der Waals surface area contributed by atoms with E-state index in [9.17, 15) is 8.78 Å². The molecule has 0 bridgehead atoms. The van der Waals surface area contributed by atoms with Crippen LogP contribution >= 0.6 is 0 Å². The van der Waals surface area contributed by atoms with Gasteiger partial charge < -0.3 is 0 Å². The Hall–Kier alpha value is -1.91. The Morgan fingerprint density at radius 1 is 0.929 bits per heavy atom. The SMILES string of the molecule is Fc1cc(F)cc(-c2nccnn2)c1. The Kier molecular flexibility index (Phi) is 2.14. The van der Waals surface area contributed by atoms with Gasteiger partial charge in [0.2, 0.25) is 0 Å². The Balaban J connectivity index is 2.52. The van der Waals surface area contributed by atoms with Crippen molar-refractivity contribution in [2.45, 2.75) is 0 Å². The number of rotatable bonds is 1. The van der Waals surface area contributed by atoms with Crippen LogP contribution in [0.5, 0.6) is 0 Å². The highest BCUT2D eigenvalue weighted by Gasteiger charge is 2.04. The lowest BCUT2D eigenvalue weighted by atomic mass is 10.2. The van der Waals surface area contributed by atoms with Crippen molar-refractivity contribution in [3.05, 3.63) is 42.2 Å². The first-order valence-electron chi connectivity index (χ1n) is 3.86. The van der Waals surface area contributed by atoms with Gasteiger partial charge >= 0.3 is 0 Å². The number of hydrogen-bond acceptors (Lipinski definition) is 3. The summed E-state index contributed by atoms with van der Waals surface area (Å²) >= 11 is 0. The molecule has 0 aliphatic rings. The Labute approximate surface area is 78.4 Å². The van der Waals surface area contributed by atoms with Gasteiger partial charge in [0.1, 0.15) is 11.6 Å². The van der Waals surface area contributed by atoms with Gasteiger partial charge in [-0.15, -0.1) is 5.10 Å². The Morgan fingerprint density at radius 2 is 1.64 bits per heavy atom. The maximum absolute atomic E-state index is 12.8. The van der Waals surface area contributed by atoms with Crippen molar-refractivity contribution in [3.63, 3.8) is 0 Å². The molecule has 0 N–H and O–H groups in total. The van der Waals surface area contributed by atoms with Crippen LogP contribution in [0, 0.1) is 11.6 Å². The summed E-state index contributed by atoms with van der Waals surface area (Å²) in [4.78, 5) is 3.82. The molecule has 0 radical (unpaired) electrons. The molecule has 3 nitrogen and oxygen atoms in total.